The molecule has 0 amide bonds. The van der Waals surface area contributed by atoms with E-state index in [9.17, 15) is 8.78 Å². The third-order valence-corrected chi connectivity index (χ3v) is 1.35. The zero-order valence-corrected chi connectivity index (χ0v) is 8.05. The maximum absolute atomic E-state index is 13.0. The first-order chi connectivity index (χ1) is 6.38. The molecule has 0 aliphatic heterocycles. The van der Waals surface area contributed by atoms with E-state index in [1.165, 1.54) is 0 Å². The summed E-state index contributed by atoms with van der Waals surface area (Å²) in [7, 11) is 0. The van der Waals surface area contributed by atoms with Crippen LogP contribution in [0.15, 0.2) is 12.3 Å². The lowest BCUT2D eigenvalue weighted by molar-refractivity contribution is 0.224. The van der Waals surface area contributed by atoms with Gasteiger partial charge in [-0.25, -0.2) is 13.8 Å². The Morgan fingerprint density at radius 3 is 2.64 bits per heavy atom. The van der Waals surface area contributed by atoms with E-state index < -0.39 is 17.2 Å². The molecular weight excluding hydrogens is 190 g/mol. The molecule has 1 aromatic heterocycles. The van der Waals surface area contributed by atoms with Crippen LogP contribution in [0, 0.1) is 11.6 Å². The van der Waals surface area contributed by atoms with E-state index in [2.05, 4.69) is 4.98 Å². The Kier molecular flexibility index (Phi) is 3.00. The van der Waals surface area contributed by atoms with E-state index >= 15 is 0 Å². The van der Waals surface area contributed by atoms with Gasteiger partial charge in [0.25, 0.3) is 5.88 Å². The van der Waals surface area contributed by atoms with Gasteiger partial charge >= 0.3 is 0 Å². The SMILES string of the molecule is CC(C)(N)COc1ncc(F)cc1F. The first kappa shape index (κ1) is 10.8. The summed E-state index contributed by atoms with van der Waals surface area (Å²) in [6.45, 7) is 3.57. The van der Waals surface area contributed by atoms with Gasteiger partial charge in [-0.3, -0.25) is 0 Å². The third-order valence-electron chi connectivity index (χ3n) is 1.35. The molecule has 78 valence electrons. The quantitative estimate of drug-likeness (QED) is 0.807. The number of nitrogens with two attached hydrogens (primary N) is 1. The molecular formula is C9H12F2N2O. The average Bonchev–Trinajstić information content (AvgIpc) is 2.00. The van der Waals surface area contributed by atoms with Crippen LogP contribution >= 0.6 is 0 Å². The fraction of sp³-hybridized carbons (Fsp3) is 0.444. The van der Waals surface area contributed by atoms with Crippen molar-refractivity contribution in [3.63, 3.8) is 0 Å². The fourth-order valence-electron chi connectivity index (χ4n) is 0.763. The Balaban J connectivity index is 2.68. The highest BCUT2D eigenvalue weighted by Crippen LogP contribution is 2.14. The number of nitrogens with zero attached hydrogens (tertiary/aromatic N) is 1. The highest BCUT2D eigenvalue weighted by molar-refractivity contribution is 5.14. The minimum Gasteiger partial charge on any atom is -0.474 e. The van der Waals surface area contributed by atoms with Crippen molar-refractivity contribution in [3.05, 3.63) is 23.9 Å². The summed E-state index contributed by atoms with van der Waals surface area (Å²) in [6, 6.07) is 0.714. The molecule has 0 aliphatic carbocycles. The van der Waals surface area contributed by atoms with Crippen molar-refractivity contribution in [2.75, 3.05) is 6.61 Å². The predicted molar refractivity (Wildman–Crippen MR) is 47.9 cm³/mol. The molecule has 0 fully saturated rings. The summed E-state index contributed by atoms with van der Waals surface area (Å²) in [5, 5.41) is 0. The molecule has 14 heavy (non-hydrogen) atoms. The number of hydrogen-bond acceptors (Lipinski definition) is 3. The highest BCUT2D eigenvalue weighted by atomic mass is 19.1. The first-order valence-electron chi connectivity index (χ1n) is 4.11. The van der Waals surface area contributed by atoms with Crippen molar-refractivity contribution in [1.29, 1.82) is 0 Å². The molecule has 0 bridgehead atoms. The predicted octanol–water partition coefficient (Wildman–Crippen LogP) is 1.48. The Bertz CT molecular complexity index is 323. The third kappa shape index (κ3) is 3.26. The van der Waals surface area contributed by atoms with Crippen molar-refractivity contribution >= 4 is 0 Å². The Hall–Kier alpha value is -1.23. The maximum atomic E-state index is 13.0. The van der Waals surface area contributed by atoms with Crippen molar-refractivity contribution in [2.45, 2.75) is 19.4 Å². The lowest BCUT2D eigenvalue weighted by Crippen LogP contribution is -2.39. The molecule has 1 rings (SSSR count). The molecule has 1 aromatic rings. The molecule has 3 nitrogen and oxygen atoms in total. The molecule has 0 saturated heterocycles. The number of halogens is 2. The summed E-state index contributed by atoms with van der Waals surface area (Å²) >= 11 is 0. The number of aromatic nitrogens is 1. The summed E-state index contributed by atoms with van der Waals surface area (Å²) in [4.78, 5) is 3.45. The first-order valence-corrected chi connectivity index (χ1v) is 4.11. The molecule has 0 saturated carbocycles. The van der Waals surface area contributed by atoms with Crippen molar-refractivity contribution in [3.8, 4) is 5.88 Å². The highest BCUT2D eigenvalue weighted by Gasteiger charge is 2.14. The molecule has 0 aliphatic rings. The van der Waals surface area contributed by atoms with Crippen molar-refractivity contribution < 1.29 is 13.5 Å². The van der Waals surface area contributed by atoms with Gasteiger partial charge in [-0.05, 0) is 13.8 Å². The van der Waals surface area contributed by atoms with Crippen LogP contribution in [0.2, 0.25) is 0 Å². The molecule has 0 radical (unpaired) electrons. The molecule has 5 heteroatoms. The number of pyridine rings is 1. The van der Waals surface area contributed by atoms with Gasteiger partial charge in [0.05, 0.1) is 6.20 Å². The molecule has 0 aromatic carbocycles. The zero-order chi connectivity index (χ0) is 10.8. The Morgan fingerprint density at radius 2 is 2.14 bits per heavy atom. The monoisotopic (exact) mass is 202 g/mol. The number of rotatable bonds is 3. The van der Waals surface area contributed by atoms with E-state index in [-0.39, 0.29) is 12.5 Å². The van der Waals surface area contributed by atoms with E-state index in [0.29, 0.717) is 6.07 Å². The van der Waals surface area contributed by atoms with Gasteiger partial charge in [0, 0.05) is 11.6 Å². The Morgan fingerprint density at radius 1 is 1.50 bits per heavy atom. The lowest BCUT2D eigenvalue weighted by Gasteiger charge is -2.18. The second kappa shape index (κ2) is 3.88. The number of hydrogen-bond donors (Lipinski definition) is 1. The van der Waals surface area contributed by atoms with E-state index in [1.807, 2.05) is 0 Å². The van der Waals surface area contributed by atoms with Gasteiger partial charge in [0.15, 0.2) is 5.82 Å². The lowest BCUT2D eigenvalue weighted by atomic mass is 10.1. The fourth-order valence-corrected chi connectivity index (χ4v) is 0.763. The van der Waals surface area contributed by atoms with E-state index in [1.54, 1.807) is 13.8 Å². The zero-order valence-electron chi connectivity index (χ0n) is 8.05. The van der Waals surface area contributed by atoms with Crippen LogP contribution < -0.4 is 10.5 Å². The minimum atomic E-state index is -0.825. The van der Waals surface area contributed by atoms with Crippen LogP contribution in [0.3, 0.4) is 0 Å². The van der Waals surface area contributed by atoms with Crippen LogP contribution in [0.5, 0.6) is 5.88 Å². The average molecular weight is 202 g/mol. The van der Waals surface area contributed by atoms with Gasteiger partial charge in [-0.1, -0.05) is 0 Å². The Labute approximate surface area is 80.9 Å². The van der Waals surface area contributed by atoms with Crippen molar-refractivity contribution in [1.82, 2.24) is 4.98 Å². The second-order valence-electron chi connectivity index (χ2n) is 3.72. The number of ether oxygens (including phenoxy) is 1. The molecule has 0 unspecified atom stereocenters. The van der Waals surface area contributed by atoms with Crippen LogP contribution in [0.4, 0.5) is 8.78 Å². The van der Waals surface area contributed by atoms with Gasteiger partial charge in [0.2, 0.25) is 0 Å². The van der Waals surface area contributed by atoms with Gasteiger partial charge in [0.1, 0.15) is 12.4 Å². The maximum Gasteiger partial charge on any atom is 0.250 e. The molecule has 0 spiro atoms. The minimum absolute atomic E-state index is 0.114. The van der Waals surface area contributed by atoms with Crippen LogP contribution in [0.1, 0.15) is 13.8 Å². The largest absolute Gasteiger partial charge is 0.474 e. The molecule has 1 heterocycles. The van der Waals surface area contributed by atoms with Gasteiger partial charge in [-0.2, -0.15) is 0 Å². The molecule has 0 atom stereocenters. The summed E-state index contributed by atoms with van der Waals surface area (Å²) in [5.41, 5.74) is 5.03. The van der Waals surface area contributed by atoms with Crippen molar-refractivity contribution in [2.24, 2.45) is 5.73 Å². The second-order valence-corrected chi connectivity index (χ2v) is 3.72. The standard InChI is InChI=1S/C9H12F2N2O/c1-9(2,12)5-14-8-7(11)3-6(10)4-13-8/h3-4H,5,12H2,1-2H3. The molecule has 2 N–H and O–H groups in total. The van der Waals surface area contributed by atoms with Crippen LogP contribution in [-0.2, 0) is 0 Å². The summed E-state index contributed by atoms with van der Waals surface area (Å²) in [6.07, 6.45) is 0.891. The normalized spacial score (nSPS) is 11.5. The summed E-state index contributed by atoms with van der Waals surface area (Å²) < 4.78 is 30.4. The van der Waals surface area contributed by atoms with E-state index in [4.69, 9.17) is 10.5 Å². The summed E-state index contributed by atoms with van der Waals surface area (Å²) in [5.74, 6) is -1.79. The van der Waals surface area contributed by atoms with Gasteiger partial charge in [-0.15, -0.1) is 0 Å². The topological polar surface area (TPSA) is 48.1 Å². The smallest absolute Gasteiger partial charge is 0.250 e. The van der Waals surface area contributed by atoms with Crippen LogP contribution in [0.25, 0.3) is 0 Å². The van der Waals surface area contributed by atoms with Crippen LogP contribution in [-0.4, -0.2) is 17.1 Å². The van der Waals surface area contributed by atoms with E-state index in [0.717, 1.165) is 6.20 Å². The van der Waals surface area contributed by atoms with Gasteiger partial charge < -0.3 is 10.5 Å².